The molecule has 0 aliphatic heterocycles. The Morgan fingerprint density at radius 1 is 1.27 bits per heavy atom. The minimum atomic E-state index is -0.935. The summed E-state index contributed by atoms with van der Waals surface area (Å²) in [6.07, 6.45) is 2.23. The number of carboxylic acids is 1. The fourth-order valence-electron chi connectivity index (χ4n) is 1.94. The van der Waals surface area contributed by atoms with Crippen molar-refractivity contribution >= 4 is 11.5 Å². The zero-order valence-corrected chi connectivity index (χ0v) is 13.7. The number of rotatable bonds is 6. The Morgan fingerprint density at radius 3 is 2.32 bits per heavy atom. The summed E-state index contributed by atoms with van der Waals surface area (Å²) in [6, 6.07) is 5.13. The maximum absolute atomic E-state index is 11.0. The first-order valence-corrected chi connectivity index (χ1v) is 7.15. The van der Waals surface area contributed by atoms with Gasteiger partial charge in [-0.3, -0.25) is 0 Å². The van der Waals surface area contributed by atoms with Crippen LogP contribution in [0.3, 0.4) is 0 Å². The van der Waals surface area contributed by atoms with Crippen molar-refractivity contribution in [2.75, 3.05) is 0 Å². The molecule has 1 aromatic carbocycles. The highest BCUT2D eigenvalue weighted by Gasteiger charge is 2.23. The Balaban J connectivity index is 2.93. The fourth-order valence-corrected chi connectivity index (χ4v) is 1.94. The van der Waals surface area contributed by atoms with Gasteiger partial charge < -0.3 is 10.2 Å². The summed E-state index contributed by atoms with van der Waals surface area (Å²) >= 11 is 0. The third-order valence-corrected chi connectivity index (χ3v) is 4.11. The summed E-state index contributed by atoms with van der Waals surface area (Å²) in [5.41, 5.74) is 3.10. The average Bonchev–Trinajstić information content (AvgIpc) is 2.43. The van der Waals surface area contributed by atoms with Gasteiger partial charge in [0, 0.05) is 5.41 Å². The first-order chi connectivity index (χ1) is 10.1. The van der Waals surface area contributed by atoms with E-state index in [1.54, 1.807) is 31.2 Å². The predicted octanol–water partition coefficient (Wildman–Crippen LogP) is 5.14. The summed E-state index contributed by atoms with van der Waals surface area (Å²) in [5, 5.41) is 19.2. The van der Waals surface area contributed by atoms with Crippen LogP contribution in [-0.4, -0.2) is 16.2 Å². The van der Waals surface area contributed by atoms with Crippen LogP contribution in [-0.2, 0) is 0 Å². The zero-order chi connectivity index (χ0) is 17.1. The number of allylic oxidation sites excluding steroid dienone is 3. The van der Waals surface area contributed by atoms with Crippen molar-refractivity contribution in [2.45, 2.75) is 34.1 Å². The molecule has 3 heteroatoms. The number of carboxylic acid groups (broad SMARTS) is 1. The van der Waals surface area contributed by atoms with E-state index >= 15 is 0 Å². The number of aryl methyl sites for hydroxylation is 1. The molecule has 0 aliphatic carbocycles. The van der Waals surface area contributed by atoms with Crippen LogP contribution in [0.5, 0.6) is 0 Å². The van der Waals surface area contributed by atoms with E-state index in [1.807, 2.05) is 20.8 Å². The fraction of sp³-hybridized carbons (Fsp3) is 0.316. The predicted molar refractivity (Wildman–Crippen MR) is 91.1 cm³/mol. The van der Waals surface area contributed by atoms with Gasteiger partial charge in [0.05, 0.1) is 11.3 Å². The monoisotopic (exact) mass is 300 g/mol. The lowest BCUT2D eigenvalue weighted by atomic mass is 9.83. The molecule has 118 valence electrons. The molecule has 1 rings (SSSR count). The van der Waals surface area contributed by atoms with E-state index in [4.69, 9.17) is 5.11 Å². The van der Waals surface area contributed by atoms with Crippen molar-refractivity contribution in [3.05, 3.63) is 65.5 Å². The second-order valence-corrected chi connectivity index (χ2v) is 6.14. The first-order valence-electron chi connectivity index (χ1n) is 7.15. The highest BCUT2D eigenvalue weighted by atomic mass is 16.4. The SMILES string of the molecule is C=C(C/C=C(\O)C(C)(C)C(=C)C)c1ccc(C(=O)O)c(C)c1. The van der Waals surface area contributed by atoms with Gasteiger partial charge in [0.1, 0.15) is 0 Å². The summed E-state index contributed by atoms with van der Waals surface area (Å²) in [4.78, 5) is 11.0. The van der Waals surface area contributed by atoms with Crippen LogP contribution < -0.4 is 0 Å². The molecule has 0 aliphatic rings. The van der Waals surface area contributed by atoms with Crippen LogP contribution in [0.15, 0.2) is 48.8 Å². The molecule has 0 aromatic heterocycles. The van der Waals surface area contributed by atoms with Crippen molar-refractivity contribution in [2.24, 2.45) is 5.41 Å². The molecule has 1 aromatic rings. The molecular formula is C19H24O3. The molecule has 0 atom stereocenters. The summed E-state index contributed by atoms with van der Waals surface area (Å²) in [5.74, 6) is -0.671. The van der Waals surface area contributed by atoms with Gasteiger partial charge >= 0.3 is 5.97 Å². The van der Waals surface area contributed by atoms with E-state index in [2.05, 4.69) is 13.2 Å². The van der Waals surface area contributed by atoms with Crippen LogP contribution in [0.25, 0.3) is 5.57 Å². The van der Waals surface area contributed by atoms with Gasteiger partial charge in [-0.25, -0.2) is 4.79 Å². The number of benzene rings is 1. The number of hydrogen-bond acceptors (Lipinski definition) is 2. The van der Waals surface area contributed by atoms with Gasteiger partial charge in [0.15, 0.2) is 0 Å². The Bertz CT molecular complexity index is 649. The van der Waals surface area contributed by atoms with Crippen molar-refractivity contribution in [1.82, 2.24) is 0 Å². The number of aliphatic hydroxyl groups is 1. The number of carbonyl (C=O) groups is 1. The molecular weight excluding hydrogens is 276 g/mol. The molecule has 2 N–H and O–H groups in total. The van der Waals surface area contributed by atoms with Crippen molar-refractivity contribution < 1.29 is 15.0 Å². The molecule has 22 heavy (non-hydrogen) atoms. The van der Waals surface area contributed by atoms with E-state index in [0.717, 1.165) is 16.7 Å². The molecule has 0 unspecified atom stereocenters. The number of aliphatic hydroxyl groups excluding tert-OH is 1. The Hall–Kier alpha value is -2.29. The van der Waals surface area contributed by atoms with Crippen LogP contribution >= 0.6 is 0 Å². The highest BCUT2D eigenvalue weighted by Crippen LogP contribution is 2.32. The van der Waals surface area contributed by atoms with E-state index in [9.17, 15) is 9.90 Å². The summed E-state index contributed by atoms with van der Waals surface area (Å²) < 4.78 is 0. The van der Waals surface area contributed by atoms with Gasteiger partial charge in [-0.2, -0.15) is 0 Å². The number of hydrogen-bond donors (Lipinski definition) is 2. The minimum Gasteiger partial charge on any atom is -0.512 e. The van der Waals surface area contributed by atoms with Gasteiger partial charge in [0.2, 0.25) is 0 Å². The van der Waals surface area contributed by atoms with Crippen LogP contribution in [0.4, 0.5) is 0 Å². The molecule has 0 spiro atoms. The molecule has 0 amide bonds. The van der Waals surface area contributed by atoms with Crippen molar-refractivity contribution in [3.63, 3.8) is 0 Å². The van der Waals surface area contributed by atoms with E-state index in [1.165, 1.54) is 0 Å². The van der Waals surface area contributed by atoms with E-state index < -0.39 is 11.4 Å². The lowest BCUT2D eigenvalue weighted by Gasteiger charge is -2.24. The quantitative estimate of drug-likeness (QED) is 0.565. The van der Waals surface area contributed by atoms with Crippen molar-refractivity contribution in [3.8, 4) is 0 Å². The first kappa shape index (κ1) is 17.8. The Kier molecular flexibility index (Phi) is 5.37. The van der Waals surface area contributed by atoms with Crippen molar-refractivity contribution in [1.29, 1.82) is 0 Å². The maximum atomic E-state index is 11.0. The molecule has 3 nitrogen and oxygen atoms in total. The second kappa shape index (κ2) is 6.65. The second-order valence-electron chi connectivity index (χ2n) is 6.14. The standard InChI is InChI=1S/C19H24O3/c1-12(2)19(5,6)17(20)10-7-13(3)15-8-9-16(18(21)22)14(4)11-15/h8-11,20H,1,3,7H2,2,4-6H3,(H,21,22)/b17-10-. The van der Waals surface area contributed by atoms with Gasteiger partial charge in [-0.1, -0.05) is 30.9 Å². The third-order valence-electron chi connectivity index (χ3n) is 4.11. The number of aromatic carboxylic acids is 1. The van der Waals surface area contributed by atoms with E-state index in [0.29, 0.717) is 17.5 Å². The smallest absolute Gasteiger partial charge is 0.335 e. The molecule has 0 saturated heterocycles. The van der Waals surface area contributed by atoms with Gasteiger partial charge in [-0.05, 0) is 63.0 Å². The normalized spacial score (nSPS) is 12.1. The van der Waals surface area contributed by atoms with Crippen LogP contribution in [0.1, 0.15) is 48.7 Å². The Morgan fingerprint density at radius 2 is 1.86 bits per heavy atom. The zero-order valence-electron chi connectivity index (χ0n) is 13.7. The third kappa shape index (κ3) is 3.88. The van der Waals surface area contributed by atoms with Crippen LogP contribution in [0.2, 0.25) is 0 Å². The van der Waals surface area contributed by atoms with Gasteiger partial charge in [-0.15, -0.1) is 0 Å². The average molecular weight is 300 g/mol. The van der Waals surface area contributed by atoms with Gasteiger partial charge in [0.25, 0.3) is 0 Å². The summed E-state index contributed by atoms with van der Waals surface area (Å²) in [7, 11) is 0. The molecule has 0 heterocycles. The molecule has 0 radical (unpaired) electrons. The van der Waals surface area contributed by atoms with E-state index in [-0.39, 0.29) is 5.76 Å². The molecule has 0 bridgehead atoms. The minimum absolute atomic E-state index is 0.264. The summed E-state index contributed by atoms with van der Waals surface area (Å²) in [6.45, 7) is 15.4. The topological polar surface area (TPSA) is 57.5 Å². The largest absolute Gasteiger partial charge is 0.512 e. The highest BCUT2D eigenvalue weighted by molar-refractivity contribution is 5.89. The lowest BCUT2D eigenvalue weighted by Crippen LogP contribution is -2.15. The lowest BCUT2D eigenvalue weighted by molar-refractivity contribution is 0.0696. The molecule has 0 saturated carbocycles. The van der Waals surface area contributed by atoms with Crippen LogP contribution in [0, 0.1) is 12.3 Å². The molecule has 0 fully saturated rings. The Labute approximate surface area is 132 Å². The maximum Gasteiger partial charge on any atom is 0.335 e.